The van der Waals surface area contributed by atoms with E-state index >= 15 is 0 Å². The summed E-state index contributed by atoms with van der Waals surface area (Å²) >= 11 is 0. The van der Waals surface area contributed by atoms with Gasteiger partial charge in [0.15, 0.2) is 11.9 Å². The fourth-order valence-electron chi connectivity index (χ4n) is 6.88. The zero-order valence-electron chi connectivity index (χ0n) is 20.3. The fourth-order valence-corrected chi connectivity index (χ4v) is 6.88. The van der Waals surface area contributed by atoms with E-state index in [-0.39, 0.29) is 36.5 Å². The summed E-state index contributed by atoms with van der Waals surface area (Å²) < 4.78 is 18.4. The molecule has 0 aromatic carbocycles. The van der Waals surface area contributed by atoms with Crippen LogP contribution in [0, 0.1) is 23.7 Å². The van der Waals surface area contributed by atoms with E-state index in [1.54, 1.807) is 0 Å². The lowest BCUT2D eigenvalue weighted by molar-refractivity contribution is -0.576. The third-order valence-corrected chi connectivity index (χ3v) is 8.85. The van der Waals surface area contributed by atoms with Crippen LogP contribution in [-0.2, 0) is 33.6 Å². The molecule has 6 fully saturated rings. The first-order chi connectivity index (χ1) is 15.8. The molecule has 2 bridgehead atoms. The maximum Gasteiger partial charge on any atom is 0.308 e. The molecule has 0 aromatic heterocycles. The highest BCUT2D eigenvalue weighted by Gasteiger charge is 2.69. The summed E-state index contributed by atoms with van der Waals surface area (Å²) in [5, 5.41) is 0. The Kier molecular flexibility index (Phi) is 6.48. The summed E-state index contributed by atoms with van der Waals surface area (Å²) in [4.78, 5) is 39.1. The lowest BCUT2D eigenvalue weighted by Crippen LogP contribution is -2.70. The number of likely N-dealkylation sites (tertiary alicyclic amines) is 1. The molecule has 33 heavy (non-hydrogen) atoms. The van der Waals surface area contributed by atoms with Crippen molar-refractivity contribution in [1.82, 2.24) is 4.90 Å². The molecule has 8 heteroatoms. The molecule has 1 aliphatic carbocycles. The third kappa shape index (κ3) is 4.21. The van der Waals surface area contributed by atoms with Gasteiger partial charge in [-0.1, -0.05) is 26.7 Å². The number of nitrogens with zero attached hydrogens (tertiary/aromatic N) is 1. The van der Waals surface area contributed by atoms with E-state index < -0.39 is 29.9 Å². The molecule has 8 nitrogen and oxygen atoms in total. The molecule has 8 atom stereocenters. The van der Waals surface area contributed by atoms with Crippen LogP contribution in [0.4, 0.5) is 0 Å². The second kappa shape index (κ2) is 9.10. The standard InChI is InChI=1S/C25H39NO7/c1-16-8-9-19-17(2)22(29-21(28)11-10-20(27)26-14-6-4-5-7-15-26)30-23-25(19)18(16)12-13-24(3,31-23)32-33-25/h16-19,22-23H,4-15H2,1-3H3/t16-,17-,18-,19+,22-,23-,24-,25-/m1/s1. The Morgan fingerprint density at radius 3 is 2.48 bits per heavy atom. The van der Waals surface area contributed by atoms with Crippen LogP contribution in [0.3, 0.4) is 0 Å². The lowest BCUT2D eigenvalue weighted by atomic mass is 9.58. The Morgan fingerprint density at radius 2 is 1.73 bits per heavy atom. The van der Waals surface area contributed by atoms with Crippen molar-refractivity contribution < 1.29 is 33.6 Å². The van der Waals surface area contributed by atoms with Crippen molar-refractivity contribution in [3.8, 4) is 0 Å². The highest BCUT2D eigenvalue weighted by atomic mass is 17.3. The van der Waals surface area contributed by atoms with Gasteiger partial charge < -0.3 is 19.1 Å². The molecule has 0 aromatic rings. The van der Waals surface area contributed by atoms with E-state index in [1.165, 1.54) is 12.8 Å². The number of rotatable bonds is 4. The molecule has 186 valence electrons. The summed E-state index contributed by atoms with van der Waals surface area (Å²) in [6, 6.07) is 0. The van der Waals surface area contributed by atoms with Crippen LogP contribution in [0.15, 0.2) is 0 Å². The topological polar surface area (TPSA) is 83.5 Å². The van der Waals surface area contributed by atoms with Crippen LogP contribution >= 0.6 is 0 Å². The highest BCUT2D eigenvalue weighted by Crippen LogP contribution is 2.60. The average Bonchev–Trinajstić information content (AvgIpc) is 3.20. The number of ether oxygens (including phenoxy) is 3. The van der Waals surface area contributed by atoms with Gasteiger partial charge in [-0.25, -0.2) is 9.78 Å². The van der Waals surface area contributed by atoms with Gasteiger partial charge >= 0.3 is 5.97 Å². The summed E-state index contributed by atoms with van der Waals surface area (Å²) in [7, 11) is 0. The quantitative estimate of drug-likeness (QED) is 0.460. The van der Waals surface area contributed by atoms with Crippen molar-refractivity contribution in [2.75, 3.05) is 13.1 Å². The molecule has 1 saturated carbocycles. The van der Waals surface area contributed by atoms with E-state index in [0.29, 0.717) is 5.92 Å². The third-order valence-electron chi connectivity index (χ3n) is 8.85. The lowest BCUT2D eigenvalue weighted by Gasteiger charge is -2.59. The minimum absolute atomic E-state index is 0.0393. The van der Waals surface area contributed by atoms with Crippen molar-refractivity contribution >= 4 is 11.9 Å². The number of carbonyl (C=O) groups excluding carboxylic acids is 2. The van der Waals surface area contributed by atoms with Gasteiger partial charge in [0.25, 0.3) is 0 Å². The number of esters is 1. The first-order valence-corrected chi connectivity index (χ1v) is 13.0. The summed E-state index contributed by atoms with van der Waals surface area (Å²) in [5.41, 5.74) is -0.668. The van der Waals surface area contributed by atoms with E-state index in [9.17, 15) is 9.59 Å². The molecule has 0 N–H and O–H groups in total. The molecule has 5 heterocycles. The van der Waals surface area contributed by atoms with Crippen molar-refractivity contribution in [2.24, 2.45) is 23.7 Å². The van der Waals surface area contributed by atoms with Gasteiger partial charge in [0.1, 0.15) is 0 Å². The molecule has 0 unspecified atom stereocenters. The molecule has 5 saturated heterocycles. The first-order valence-electron chi connectivity index (χ1n) is 13.0. The van der Waals surface area contributed by atoms with Crippen molar-refractivity contribution in [2.45, 2.75) is 109 Å². The molecule has 5 aliphatic heterocycles. The number of fused-ring (bicyclic) bond motifs is 2. The van der Waals surface area contributed by atoms with Gasteiger partial charge in [-0.15, -0.1) is 0 Å². The van der Waals surface area contributed by atoms with E-state index in [0.717, 1.165) is 51.6 Å². The van der Waals surface area contributed by atoms with E-state index in [2.05, 4.69) is 13.8 Å². The molecular formula is C25H39NO7. The second-order valence-corrected chi connectivity index (χ2v) is 11.1. The predicted octanol–water partition coefficient (Wildman–Crippen LogP) is 3.92. The van der Waals surface area contributed by atoms with E-state index in [1.807, 2.05) is 11.8 Å². The van der Waals surface area contributed by atoms with Crippen LogP contribution in [0.5, 0.6) is 0 Å². The summed E-state index contributed by atoms with van der Waals surface area (Å²) in [5.74, 6) is -0.405. The number of hydrogen-bond donors (Lipinski definition) is 0. The number of carbonyl (C=O) groups is 2. The van der Waals surface area contributed by atoms with Crippen molar-refractivity contribution in [3.05, 3.63) is 0 Å². The predicted molar refractivity (Wildman–Crippen MR) is 117 cm³/mol. The smallest absolute Gasteiger partial charge is 0.308 e. The molecule has 0 radical (unpaired) electrons. The van der Waals surface area contributed by atoms with E-state index in [4.69, 9.17) is 24.0 Å². The zero-order chi connectivity index (χ0) is 23.2. The first kappa shape index (κ1) is 23.5. The molecule has 1 spiro atoms. The number of amides is 1. The Morgan fingerprint density at radius 1 is 0.970 bits per heavy atom. The van der Waals surface area contributed by atoms with Gasteiger partial charge in [-0.05, 0) is 50.9 Å². The normalized spacial score (nSPS) is 45.0. The van der Waals surface area contributed by atoms with Crippen LogP contribution < -0.4 is 0 Å². The Hall–Kier alpha value is -1.22. The van der Waals surface area contributed by atoms with Crippen molar-refractivity contribution in [3.63, 3.8) is 0 Å². The minimum Gasteiger partial charge on any atom is -0.435 e. The van der Waals surface area contributed by atoms with Gasteiger partial charge in [0.2, 0.25) is 18.0 Å². The monoisotopic (exact) mass is 465 g/mol. The van der Waals surface area contributed by atoms with Crippen LogP contribution in [0.25, 0.3) is 0 Å². The molecular weight excluding hydrogens is 426 g/mol. The summed E-state index contributed by atoms with van der Waals surface area (Å²) in [6.07, 6.45) is 7.07. The Bertz CT molecular complexity index is 753. The second-order valence-electron chi connectivity index (χ2n) is 11.1. The maximum absolute atomic E-state index is 12.7. The molecule has 6 rings (SSSR count). The Labute approximate surface area is 196 Å². The maximum atomic E-state index is 12.7. The van der Waals surface area contributed by atoms with Gasteiger partial charge in [0, 0.05) is 37.8 Å². The largest absolute Gasteiger partial charge is 0.435 e. The average molecular weight is 466 g/mol. The number of hydrogen-bond acceptors (Lipinski definition) is 7. The minimum atomic E-state index is -0.855. The van der Waals surface area contributed by atoms with Gasteiger partial charge in [-0.3, -0.25) is 9.59 Å². The zero-order valence-corrected chi connectivity index (χ0v) is 20.3. The van der Waals surface area contributed by atoms with Crippen LogP contribution in [0.2, 0.25) is 0 Å². The van der Waals surface area contributed by atoms with Crippen LogP contribution in [0.1, 0.15) is 85.0 Å². The Balaban J connectivity index is 1.24. The fraction of sp³-hybridized carbons (Fsp3) is 0.920. The van der Waals surface area contributed by atoms with Gasteiger partial charge in [0.05, 0.1) is 6.42 Å². The molecule has 6 aliphatic rings. The van der Waals surface area contributed by atoms with Gasteiger partial charge in [-0.2, -0.15) is 0 Å². The molecule has 1 amide bonds. The van der Waals surface area contributed by atoms with Crippen molar-refractivity contribution in [1.29, 1.82) is 0 Å². The highest BCUT2D eigenvalue weighted by molar-refractivity contribution is 5.81. The summed E-state index contributed by atoms with van der Waals surface area (Å²) in [6.45, 7) is 7.80. The SMILES string of the molecule is C[C@H]1[C@H](OC(=O)CCC(=O)N2CCCCCC2)O[C@@H]2O[C@@]3(C)CC[C@@H]4[C@H](C)CC[C@@H]1[C@@]24OO3. The van der Waals surface area contributed by atoms with Crippen LogP contribution in [-0.4, -0.2) is 53.8 Å².